The van der Waals surface area contributed by atoms with Crippen molar-refractivity contribution in [2.45, 2.75) is 12.8 Å². The minimum absolute atomic E-state index is 0.0582. The van der Waals surface area contributed by atoms with Crippen molar-refractivity contribution in [2.24, 2.45) is 0 Å². The van der Waals surface area contributed by atoms with Crippen molar-refractivity contribution in [1.82, 2.24) is 4.90 Å². The third-order valence-corrected chi connectivity index (χ3v) is 4.54. The molecule has 6 nitrogen and oxygen atoms in total. The van der Waals surface area contributed by atoms with Gasteiger partial charge in [-0.05, 0) is 56.3 Å². The highest BCUT2D eigenvalue weighted by Crippen LogP contribution is 2.23. The monoisotopic (exact) mass is 337 g/mol. The Kier molecular flexibility index (Phi) is 3.89. The number of carbonyl (C=O) groups excluding carboxylic acids is 1. The van der Waals surface area contributed by atoms with Gasteiger partial charge in [-0.3, -0.25) is 14.5 Å². The predicted molar refractivity (Wildman–Crippen MR) is 98.7 cm³/mol. The van der Waals surface area contributed by atoms with Crippen LogP contribution in [0.15, 0.2) is 45.6 Å². The summed E-state index contributed by atoms with van der Waals surface area (Å²) in [5, 5.41) is 3.80. The maximum Gasteiger partial charge on any atom is 0.238 e. The molecule has 0 radical (unpaired) electrons. The Labute approximate surface area is 144 Å². The Hall–Kier alpha value is -2.86. The van der Waals surface area contributed by atoms with Gasteiger partial charge in [-0.15, -0.1) is 0 Å². The normalized spacial score (nSPS) is 15.0. The Balaban J connectivity index is 1.65. The number of nitrogens with one attached hydrogen (secondary N) is 1. The summed E-state index contributed by atoms with van der Waals surface area (Å²) in [6, 6.07) is 10.1. The summed E-state index contributed by atoms with van der Waals surface area (Å²) in [5.41, 5.74) is 7.69. The molecule has 1 fully saturated rings. The van der Waals surface area contributed by atoms with E-state index < -0.39 is 0 Å². The molecule has 6 heteroatoms. The van der Waals surface area contributed by atoms with Gasteiger partial charge in [-0.2, -0.15) is 0 Å². The average Bonchev–Trinajstić information content (AvgIpc) is 3.08. The van der Waals surface area contributed by atoms with Crippen LogP contribution in [0.5, 0.6) is 0 Å². The number of amides is 1. The molecule has 2 heterocycles. The summed E-state index contributed by atoms with van der Waals surface area (Å²) in [6.07, 6.45) is 2.29. The van der Waals surface area contributed by atoms with Crippen molar-refractivity contribution in [3.8, 4) is 0 Å². The fourth-order valence-corrected chi connectivity index (χ4v) is 3.29. The van der Waals surface area contributed by atoms with Gasteiger partial charge in [0.25, 0.3) is 0 Å². The highest BCUT2D eigenvalue weighted by Gasteiger charge is 2.15. The zero-order chi connectivity index (χ0) is 17.4. The number of anilines is 2. The van der Waals surface area contributed by atoms with Crippen molar-refractivity contribution in [3.05, 3.63) is 46.6 Å². The molecule has 2 aromatic carbocycles. The van der Waals surface area contributed by atoms with Gasteiger partial charge in [0.05, 0.1) is 17.3 Å². The van der Waals surface area contributed by atoms with Gasteiger partial charge in [-0.1, -0.05) is 0 Å². The van der Waals surface area contributed by atoms with Crippen LogP contribution in [0.4, 0.5) is 11.4 Å². The zero-order valence-corrected chi connectivity index (χ0v) is 13.7. The Morgan fingerprint density at radius 1 is 1.08 bits per heavy atom. The standard InChI is InChI=1S/C19H19N3O3/c20-12-3-6-16-15(9-12)19(24)14-5-4-13(10-17(14)25-16)21-18(23)11-22-7-1-2-8-22/h3-6,9-10H,1-2,7-8,11,20H2,(H,21,23). The summed E-state index contributed by atoms with van der Waals surface area (Å²) in [6.45, 7) is 2.32. The number of hydrogen-bond donors (Lipinski definition) is 2. The molecule has 0 aliphatic carbocycles. The molecule has 1 aliphatic rings. The second-order valence-corrected chi connectivity index (χ2v) is 6.43. The third-order valence-electron chi connectivity index (χ3n) is 4.54. The van der Waals surface area contributed by atoms with Crippen LogP contribution in [-0.4, -0.2) is 30.4 Å². The number of benzene rings is 2. The maximum atomic E-state index is 12.6. The minimum atomic E-state index is -0.126. The summed E-state index contributed by atoms with van der Waals surface area (Å²) in [7, 11) is 0. The third kappa shape index (κ3) is 3.08. The SMILES string of the molecule is Nc1ccc2oc3cc(NC(=O)CN4CCCC4)ccc3c(=O)c2c1. The molecule has 1 aromatic heterocycles. The van der Waals surface area contributed by atoms with Crippen molar-refractivity contribution in [3.63, 3.8) is 0 Å². The first kappa shape index (κ1) is 15.7. The molecule has 1 saturated heterocycles. The van der Waals surface area contributed by atoms with Crippen LogP contribution in [-0.2, 0) is 4.79 Å². The first-order valence-corrected chi connectivity index (χ1v) is 8.38. The van der Waals surface area contributed by atoms with E-state index in [1.807, 2.05) is 0 Å². The Morgan fingerprint density at radius 3 is 2.68 bits per heavy atom. The second-order valence-electron chi connectivity index (χ2n) is 6.43. The van der Waals surface area contributed by atoms with Gasteiger partial charge >= 0.3 is 0 Å². The number of hydrogen-bond acceptors (Lipinski definition) is 5. The van der Waals surface area contributed by atoms with E-state index in [4.69, 9.17) is 10.2 Å². The van der Waals surface area contributed by atoms with E-state index in [2.05, 4.69) is 10.2 Å². The number of nitrogen functional groups attached to an aromatic ring is 1. The lowest BCUT2D eigenvalue weighted by Crippen LogP contribution is -2.30. The van der Waals surface area contributed by atoms with E-state index in [9.17, 15) is 9.59 Å². The smallest absolute Gasteiger partial charge is 0.238 e. The summed E-state index contributed by atoms with van der Waals surface area (Å²) in [5.74, 6) is -0.0582. The molecule has 0 atom stereocenters. The molecule has 0 unspecified atom stereocenters. The fraction of sp³-hybridized carbons (Fsp3) is 0.263. The van der Waals surface area contributed by atoms with Gasteiger partial charge < -0.3 is 15.5 Å². The number of nitrogens with two attached hydrogens (primary N) is 1. The second kappa shape index (κ2) is 6.22. The van der Waals surface area contributed by atoms with Gasteiger partial charge in [0.15, 0.2) is 0 Å². The lowest BCUT2D eigenvalue weighted by atomic mass is 10.1. The van der Waals surface area contributed by atoms with Crippen LogP contribution < -0.4 is 16.5 Å². The van der Waals surface area contributed by atoms with E-state index in [0.29, 0.717) is 39.9 Å². The van der Waals surface area contributed by atoms with Crippen molar-refractivity contribution < 1.29 is 9.21 Å². The van der Waals surface area contributed by atoms with Crippen LogP contribution in [0.25, 0.3) is 21.9 Å². The molecule has 0 bridgehead atoms. The molecule has 3 N–H and O–H groups in total. The number of likely N-dealkylation sites (tertiary alicyclic amines) is 1. The van der Waals surface area contributed by atoms with Gasteiger partial charge in [-0.25, -0.2) is 0 Å². The molecular weight excluding hydrogens is 318 g/mol. The molecule has 3 aromatic rings. The Morgan fingerprint density at radius 2 is 1.88 bits per heavy atom. The number of nitrogens with zero attached hydrogens (tertiary/aromatic N) is 1. The van der Waals surface area contributed by atoms with Crippen molar-refractivity contribution in [2.75, 3.05) is 30.7 Å². The fourth-order valence-electron chi connectivity index (χ4n) is 3.29. The van der Waals surface area contributed by atoms with Crippen LogP contribution >= 0.6 is 0 Å². The average molecular weight is 337 g/mol. The topological polar surface area (TPSA) is 88.6 Å². The molecule has 4 rings (SSSR count). The maximum absolute atomic E-state index is 12.6. The minimum Gasteiger partial charge on any atom is -0.456 e. The quantitative estimate of drug-likeness (QED) is 0.566. The van der Waals surface area contributed by atoms with E-state index >= 15 is 0 Å². The first-order chi connectivity index (χ1) is 12.1. The van der Waals surface area contributed by atoms with Crippen LogP contribution in [0.2, 0.25) is 0 Å². The number of carbonyl (C=O) groups is 1. The molecule has 1 aliphatic heterocycles. The van der Waals surface area contributed by atoms with E-state index in [1.165, 1.54) is 0 Å². The Bertz CT molecular complexity index is 1020. The summed E-state index contributed by atoms with van der Waals surface area (Å²) >= 11 is 0. The van der Waals surface area contributed by atoms with Crippen molar-refractivity contribution >= 4 is 39.2 Å². The molecule has 0 spiro atoms. The van der Waals surface area contributed by atoms with E-state index in [-0.39, 0.29) is 11.3 Å². The molecule has 1 amide bonds. The van der Waals surface area contributed by atoms with Crippen molar-refractivity contribution in [1.29, 1.82) is 0 Å². The largest absolute Gasteiger partial charge is 0.456 e. The van der Waals surface area contributed by atoms with E-state index in [0.717, 1.165) is 25.9 Å². The van der Waals surface area contributed by atoms with Gasteiger partial charge in [0.1, 0.15) is 11.2 Å². The van der Waals surface area contributed by atoms with Gasteiger partial charge in [0.2, 0.25) is 11.3 Å². The summed E-state index contributed by atoms with van der Waals surface area (Å²) in [4.78, 5) is 26.9. The van der Waals surface area contributed by atoms with Crippen LogP contribution in [0, 0.1) is 0 Å². The number of rotatable bonds is 3. The predicted octanol–water partition coefficient (Wildman–Crippen LogP) is 2.56. The molecule has 128 valence electrons. The summed E-state index contributed by atoms with van der Waals surface area (Å²) < 4.78 is 5.82. The van der Waals surface area contributed by atoms with Gasteiger partial charge in [0, 0.05) is 17.4 Å². The lowest BCUT2D eigenvalue weighted by Gasteiger charge is -2.14. The highest BCUT2D eigenvalue weighted by molar-refractivity contribution is 5.96. The highest BCUT2D eigenvalue weighted by atomic mass is 16.3. The van der Waals surface area contributed by atoms with E-state index in [1.54, 1.807) is 36.4 Å². The number of fused-ring (bicyclic) bond motifs is 2. The first-order valence-electron chi connectivity index (χ1n) is 8.38. The van der Waals surface area contributed by atoms with Crippen LogP contribution in [0.3, 0.4) is 0 Å². The molecular formula is C19H19N3O3. The van der Waals surface area contributed by atoms with Crippen LogP contribution in [0.1, 0.15) is 12.8 Å². The lowest BCUT2D eigenvalue weighted by molar-refractivity contribution is -0.117. The zero-order valence-electron chi connectivity index (χ0n) is 13.7. The molecule has 0 saturated carbocycles. The molecule has 25 heavy (non-hydrogen) atoms.